The Bertz CT molecular complexity index is 2900. The third-order valence-corrected chi connectivity index (χ3v) is 10.9. The second-order valence-corrected chi connectivity index (χ2v) is 15.5. The lowest BCUT2D eigenvalue weighted by Gasteiger charge is -2.36. The molecule has 6 aromatic rings. The largest absolute Gasteiger partial charge is 0.445 e. The molecule has 1 aliphatic rings. The smallest absolute Gasteiger partial charge is 0.410 e. The molecule has 3 heterocycles. The van der Waals surface area contributed by atoms with Crippen molar-refractivity contribution in [3.8, 4) is 17.2 Å². The second-order valence-electron chi connectivity index (χ2n) is 15.5. The Morgan fingerprint density at radius 2 is 1.60 bits per heavy atom. The molecule has 7 rings (SSSR count). The van der Waals surface area contributed by atoms with Gasteiger partial charge in [0.25, 0.3) is 17.4 Å². The fourth-order valence-corrected chi connectivity index (χ4v) is 7.44. The molecule has 0 atom stereocenters. The van der Waals surface area contributed by atoms with Gasteiger partial charge in [-0.3, -0.25) is 28.9 Å². The molecule has 18 heteroatoms. The number of aromatic nitrogens is 3. The second kappa shape index (κ2) is 22.1. The number of anilines is 1. The van der Waals surface area contributed by atoms with Gasteiger partial charge in [-0.1, -0.05) is 66.7 Å². The molecular weight excluding hydrogens is 862 g/mol. The number of piperazine rings is 1. The standard InChI is InChI=1S/C49H46FN9O8/c1-32(60)54-43-27-37(36-11-7-10-35(24-36)28-51)29-53-45(43)47(63)52-16-22-66-23-21-59(49(65)67-31-33-8-3-2-4-9-33)30-44(61)57-17-19-58(20-18-57)48(64)40-25-34(14-15-41(40)50)26-42-38-12-5-6-13-39(38)46(62)56-55-42/h2-15,24-25,27,29H,16-23,26,30-31H2,1H3,(H,52,63)(H,54,60)(H,56,62). The van der Waals surface area contributed by atoms with E-state index in [1.54, 1.807) is 72.8 Å². The third-order valence-electron chi connectivity index (χ3n) is 10.9. The molecule has 1 fully saturated rings. The number of nitrogens with one attached hydrogen (secondary N) is 3. The van der Waals surface area contributed by atoms with E-state index in [1.807, 2.05) is 18.2 Å². The Balaban J connectivity index is 0.922. The molecule has 342 valence electrons. The summed E-state index contributed by atoms with van der Waals surface area (Å²) in [5, 5.41) is 22.5. The SMILES string of the molecule is CC(=O)Nc1cc(-c2cccc(C#N)c2)cnc1C(=O)NCCOCCN(CC(=O)N1CCN(C(=O)c2cc(Cc3n[nH]c(=O)c4ccccc34)ccc2F)CC1)C(=O)OCc1ccccc1. The summed E-state index contributed by atoms with van der Waals surface area (Å²) in [7, 11) is 0. The Kier molecular flexibility index (Phi) is 15.4. The van der Waals surface area contributed by atoms with Crippen LogP contribution in [0.2, 0.25) is 0 Å². The molecule has 5 amide bonds. The highest BCUT2D eigenvalue weighted by Gasteiger charge is 2.29. The van der Waals surface area contributed by atoms with E-state index in [0.717, 1.165) is 5.56 Å². The van der Waals surface area contributed by atoms with Gasteiger partial charge in [0.1, 0.15) is 19.0 Å². The van der Waals surface area contributed by atoms with Crippen molar-refractivity contribution in [2.75, 3.05) is 64.3 Å². The van der Waals surface area contributed by atoms with E-state index in [1.165, 1.54) is 40.0 Å². The quantitative estimate of drug-likeness (QED) is 0.111. The molecule has 67 heavy (non-hydrogen) atoms. The van der Waals surface area contributed by atoms with Crippen molar-refractivity contribution in [1.29, 1.82) is 5.26 Å². The number of amides is 5. The summed E-state index contributed by atoms with van der Waals surface area (Å²) in [6, 6.07) is 30.8. The first-order valence-electron chi connectivity index (χ1n) is 21.4. The number of carbonyl (C=O) groups excluding carboxylic acids is 5. The van der Waals surface area contributed by atoms with Crippen molar-refractivity contribution >= 4 is 46.2 Å². The van der Waals surface area contributed by atoms with E-state index in [0.29, 0.717) is 38.7 Å². The number of aromatic amines is 1. The number of rotatable bonds is 16. The minimum atomic E-state index is -0.747. The van der Waals surface area contributed by atoms with E-state index in [9.17, 15) is 34.0 Å². The van der Waals surface area contributed by atoms with Crippen molar-refractivity contribution in [2.24, 2.45) is 0 Å². The average molecular weight is 908 g/mol. The monoisotopic (exact) mass is 907 g/mol. The van der Waals surface area contributed by atoms with Crippen molar-refractivity contribution in [2.45, 2.75) is 20.0 Å². The summed E-state index contributed by atoms with van der Waals surface area (Å²) in [4.78, 5) is 86.6. The Labute approximate surface area is 384 Å². The van der Waals surface area contributed by atoms with Crippen LogP contribution in [0.3, 0.4) is 0 Å². The van der Waals surface area contributed by atoms with Gasteiger partial charge < -0.3 is 29.9 Å². The first-order chi connectivity index (χ1) is 32.5. The average Bonchev–Trinajstić information content (AvgIpc) is 3.35. The van der Waals surface area contributed by atoms with Crippen molar-refractivity contribution < 1.29 is 37.8 Å². The van der Waals surface area contributed by atoms with Crippen LogP contribution >= 0.6 is 0 Å². The van der Waals surface area contributed by atoms with Crippen LogP contribution in [0.15, 0.2) is 114 Å². The van der Waals surface area contributed by atoms with Gasteiger partial charge in [0, 0.05) is 69.8 Å². The third kappa shape index (κ3) is 12.1. The Hall–Kier alpha value is -8.30. The number of carbonyl (C=O) groups is 5. The maximum absolute atomic E-state index is 15.1. The molecule has 1 saturated heterocycles. The zero-order chi connectivity index (χ0) is 47.3. The molecule has 0 bridgehead atoms. The molecule has 0 spiro atoms. The number of H-pyrrole nitrogens is 1. The van der Waals surface area contributed by atoms with Gasteiger partial charge in [-0.05, 0) is 53.1 Å². The van der Waals surface area contributed by atoms with Gasteiger partial charge in [0.05, 0.1) is 47.2 Å². The number of hydrogen-bond acceptors (Lipinski definition) is 11. The van der Waals surface area contributed by atoms with Crippen LogP contribution in [0.1, 0.15) is 50.2 Å². The van der Waals surface area contributed by atoms with E-state index < -0.39 is 35.5 Å². The van der Waals surface area contributed by atoms with Gasteiger partial charge in [0.15, 0.2) is 5.69 Å². The summed E-state index contributed by atoms with van der Waals surface area (Å²) < 4.78 is 26.4. The molecule has 17 nitrogen and oxygen atoms in total. The molecular formula is C49H46FN9O8. The van der Waals surface area contributed by atoms with Gasteiger partial charge in [-0.2, -0.15) is 10.4 Å². The molecule has 0 unspecified atom stereocenters. The first-order valence-corrected chi connectivity index (χ1v) is 21.4. The number of benzene rings is 4. The molecule has 2 aromatic heterocycles. The van der Waals surface area contributed by atoms with Gasteiger partial charge in [0.2, 0.25) is 11.8 Å². The molecule has 3 N–H and O–H groups in total. The van der Waals surface area contributed by atoms with Crippen LogP contribution in [0, 0.1) is 17.1 Å². The molecule has 0 radical (unpaired) electrons. The van der Waals surface area contributed by atoms with Gasteiger partial charge in [-0.15, -0.1) is 0 Å². The summed E-state index contributed by atoms with van der Waals surface area (Å²) >= 11 is 0. The summed E-state index contributed by atoms with van der Waals surface area (Å²) in [5.41, 5.74) is 3.34. The van der Waals surface area contributed by atoms with E-state index in [4.69, 9.17) is 9.47 Å². The highest BCUT2D eigenvalue weighted by Crippen LogP contribution is 2.25. The van der Waals surface area contributed by atoms with Gasteiger partial charge in [-0.25, -0.2) is 19.3 Å². The highest BCUT2D eigenvalue weighted by atomic mass is 19.1. The first kappa shape index (κ1) is 46.7. The van der Waals surface area contributed by atoms with E-state index >= 15 is 4.39 Å². The summed E-state index contributed by atoms with van der Waals surface area (Å²) in [5.74, 6) is -2.61. The predicted molar refractivity (Wildman–Crippen MR) is 244 cm³/mol. The van der Waals surface area contributed by atoms with Crippen LogP contribution in [0.5, 0.6) is 0 Å². The maximum atomic E-state index is 15.1. The molecule has 0 aliphatic carbocycles. The summed E-state index contributed by atoms with van der Waals surface area (Å²) in [6.07, 6.45) is 0.964. The van der Waals surface area contributed by atoms with Crippen LogP contribution in [-0.4, -0.2) is 119 Å². The zero-order valence-corrected chi connectivity index (χ0v) is 36.5. The topological polar surface area (TPSA) is 220 Å². The lowest BCUT2D eigenvalue weighted by atomic mass is 10.0. The molecule has 4 aromatic carbocycles. The van der Waals surface area contributed by atoms with Crippen molar-refractivity contribution in [3.63, 3.8) is 0 Å². The minimum Gasteiger partial charge on any atom is -0.445 e. The van der Waals surface area contributed by atoms with Gasteiger partial charge >= 0.3 is 6.09 Å². The van der Waals surface area contributed by atoms with Crippen molar-refractivity contribution in [3.05, 3.63) is 159 Å². The van der Waals surface area contributed by atoms with Crippen molar-refractivity contribution in [1.82, 2.24) is 35.2 Å². The number of hydrogen-bond donors (Lipinski definition) is 3. The Morgan fingerprint density at radius 3 is 2.36 bits per heavy atom. The number of halogens is 1. The maximum Gasteiger partial charge on any atom is 0.410 e. The number of ether oxygens (including phenoxy) is 2. The van der Waals surface area contributed by atoms with Crippen LogP contribution in [0.25, 0.3) is 21.9 Å². The fraction of sp³-hybridized carbons (Fsp3) is 0.245. The summed E-state index contributed by atoms with van der Waals surface area (Å²) in [6.45, 7) is 1.47. The number of nitriles is 1. The lowest BCUT2D eigenvalue weighted by Crippen LogP contribution is -2.53. The van der Waals surface area contributed by atoms with E-state index in [-0.39, 0.29) is 94.6 Å². The fourth-order valence-electron chi connectivity index (χ4n) is 7.44. The number of nitrogens with zero attached hydrogens (tertiary/aromatic N) is 6. The predicted octanol–water partition coefficient (Wildman–Crippen LogP) is 4.91. The molecule has 1 aliphatic heterocycles. The zero-order valence-electron chi connectivity index (χ0n) is 36.5. The number of fused-ring (bicyclic) bond motifs is 1. The molecule has 0 saturated carbocycles. The Morgan fingerprint density at radius 1 is 0.851 bits per heavy atom. The minimum absolute atomic E-state index is 0.0170. The van der Waals surface area contributed by atoms with Crippen LogP contribution < -0.4 is 16.2 Å². The number of pyridine rings is 1. The normalized spacial score (nSPS) is 12.3. The van der Waals surface area contributed by atoms with E-state index in [2.05, 4.69) is 31.9 Å². The highest BCUT2D eigenvalue weighted by molar-refractivity contribution is 6.02. The van der Waals surface area contributed by atoms with Crippen LogP contribution in [0.4, 0.5) is 14.9 Å². The lowest BCUT2D eigenvalue weighted by molar-refractivity contribution is -0.133. The van der Waals surface area contributed by atoms with Crippen LogP contribution in [-0.2, 0) is 32.1 Å².